The van der Waals surface area contributed by atoms with Gasteiger partial charge in [-0.3, -0.25) is 9.88 Å². The summed E-state index contributed by atoms with van der Waals surface area (Å²) in [5.41, 5.74) is 2.20. The molecule has 0 radical (unpaired) electrons. The molecule has 4 heteroatoms. The molecule has 20 heavy (non-hydrogen) atoms. The van der Waals surface area contributed by atoms with Gasteiger partial charge in [-0.15, -0.1) is 0 Å². The maximum absolute atomic E-state index is 5.75. The zero-order chi connectivity index (χ0) is 14.5. The van der Waals surface area contributed by atoms with Crippen LogP contribution in [-0.4, -0.2) is 30.6 Å². The van der Waals surface area contributed by atoms with E-state index in [9.17, 15) is 0 Å². The van der Waals surface area contributed by atoms with Gasteiger partial charge in [-0.25, -0.2) is 0 Å². The molecule has 1 unspecified atom stereocenters. The van der Waals surface area contributed by atoms with Crippen molar-refractivity contribution < 1.29 is 9.15 Å². The topological polar surface area (TPSA) is 38.5 Å². The monoisotopic (exact) mass is 274 g/mol. The number of nitrogens with zero attached hydrogens (tertiary/aromatic N) is 2. The van der Waals surface area contributed by atoms with Crippen LogP contribution < -0.4 is 0 Å². The van der Waals surface area contributed by atoms with Crippen LogP contribution in [0.4, 0.5) is 0 Å². The SMILES string of the molecule is COCC(c1ccccn1)N(C)Cc1cc(C)c(C)o1. The molecule has 0 aliphatic carbocycles. The molecule has 0 aromatic carbocycles. The third kappa shape index (κ3) is 3.46. The van der Waals surface area contributed by atoms with Gasteiger partial charge in [-0.2, -0.15) is 0 Å². The molecule has 0 saturated heterocycles. The predicted molar refractivity (Wildman–Crippen MR) is 78.5 cm³/mol. The fourth-order valence-corrected chi connectivity index (χ4v) is 2.25. The highest BCUT2D eigenvalue weighted by Gasteiger charge is 2.19. The van der Waals surface area contributed by atoms with Crippen LogP contribution in [0.25, 0.3) is 0 Å². The minimum atomic E-state index is 0.118. The summed E-state index contributed by atoms with van der Waals surface area (Å²) in [5, 5.41) is 0. The predicted octanol–water partition coefficient (Wildman–Crippen LogP) is 3.11. The van der Waals surface area contributed by atoms with Gasteiger partial charge in [0.2, 0.25) is 0 Å². The fourth-order valence-electron chi connectivity index (χ4n) is 2.25. The minimum absolute atomic E-state index is 0.118. The van der Waals surface area contributed by atoms with Crippen molar-refractivity contribution in [2.24, 2.45) is 0 Å². The summed E-state index contributed by atoms with van der Waals surface area (Å²) in [6.45, 7) is 5.39. The standard InChI is InChI=1S/C16H22N2O2/c1-12-9-14(20-13(12)2)10-18(3)16(11-19-4)15-7-5-6-8-17-15/h5-9,16H,10-11H2,1-4H3. The maximum atomic E-state index is 5.75. The van der Waals surface area contributed by atoms with E-state index >= 15 is 0 Å². The number of rotatable bonds is 6. The molecule has 0 N–H and O–H groups in total. The van der Waals surface area contributed by atoms with Gasteiger partial charge in [0.1, 0.15) is 11.5 Å². The first-order valence-electron chi connectivity index (χ1n) is 6.78. The summed E-state index contributed by atoms with van der Waals surface area (Å²) in [5.74, 6) is 1.95. The Morgan fingerprint density at radius 3 is 2.70 bits per heavy atom. The van der Waals surface area contributed by atoms with Crippen LogP contribution in [0.5, 0.6) is 0 Å². The van der Waals surface area contributed by atoms with Crippen molar-refractivity contribution in [2.45, 2.75) is 26.4 Å². The summed E-state index contributed by atoms with van der Waals surface area (Å²) in [6.07, 6.45) is 1.81. The summed E-state index contributed by atoms with van der Waals surface area (Å²) < 4.78 is 11.1. The average molecular weight is 274 g/mol. The van der Waals surface area contributed by atoms with Crippen molar-refractivity contribution in [1.82, 2.24) is 9.88 Å². The van der Waals surface area contributed by atoms with Crippen LogP contribution in [0, 0.1) is 13.8 Å². The normalized spacial score (nSPS) is 12.8. The smallest absolute Gasteiger partial charge is 0.118 e. The lowest BCUT2D eigenvalue weighted by Crippen LogP contribution is -2.28. The van der Waals surface area contributed by atoms with Gasteiger partial charge in [0.15, 0.2) is 0 Å². The first-order chi connectivity index (χ1) is 9.61. The zero-order valence-electron chi connectivity index (χ0n) is 12.6. The quantitative estimate of drug-likeness (QED) is 0.811. The first kappa shape index (κ1) is 14.8. The van der Waals surface area contributed by atoms with E-state index in [4.69, 9.17) is 9.15 Å². The highest BCUT2D eigenvalue weighted by atomic mass is 16.5. The Bertz CT molecular complexity index is 517. The fraction of sp³-hybridized carbons (Fsp3) is 0.438. The Hall–Kier alpha value is -1.65. The largest absolute Gasteiger partial charge is 0.465 e. The Kier molecular flexibility index (Phi) is 4.93. The van der Waals surface area contributed by atoms with Crippen LogP contribution in [-0.2, 0) is 11.3 Å². The second kappa shape index (κ2) is 6.68. The second-order valence-electron chi connectivity index (χ2n) is 5.09. The number of hydrogen-bond acceptors (Lipinski definition) is 4. The number of likely N-dealkylation sites (N-methyl/N-ethyl adjacent to an activating group) is 1. The lowest BCUT2D eigenvalue weighted by Gasteiger charge is -2.26. The van der Waals surface area contributed by atoms with E-state index in [1.807, 2.05) is 31.3 Å². The molecule has 0 aliphatic heterocycles. The lowest BCUT2D eigenvalue weighted by atomic mass is 10.1. The number of hydrogen-bond donors (Lipinski definition) is 0. The van der Waals surface area contributed by atoms with Crippen molar-refractivity contribution >= 4 is 0 Å². The van der Waals surface area contributed by atoms with Crippen LogP contribution in [0.15, 0.2) is 34.9 Å². The molecule has 0 bridgehead atoms. The van der Waals surface area contributed by atoms with Gasteiger partial charge in [-0.05, 0) is 44.7 Å². The van der Waals surface area contributed by atoms with Crippen molar-refractivity contribution in [3.05, 3.63) is 53.2 Å². The van der Waals surface area contributed by atoms with Gasteiger partial charge < -0.3 is 9.15 Å². The van der Waals surface area contributed by atoms with E-state index < -0.39 is 0 Å². The van der Waals surface area contributed by atoms with Gasteiger partial charge >= 0.3 is 0 Å². The molecule has 108 valence electrons. The molecular formula is C16H22N2O2. The number of pyridine rings is 1. The summed E-state index contributed by atoms with van der Waals surface area (Å²) in [6, 6.07) is 8.16. The number of methoxy groups -OCH3 is 1. The Balaban J connectivity index is 2.13. The number of furan rings is 1. The van der Waals surface area contributed by atoms with E-state index in [0.717, 1.165) is 23.8 Å². The van der Waals surface area contributed by atoms with Gasteiger partial charge in [0.05, 0.1) is 24.9 Å². The van der Waals surface area contributed by atoms with Crippen molar-refractivity contribution in [1.29, 1.82) is 0 Å². The summed E-state index contributed by atoms with van der Waals surface area (Å²) in [7, 11) is 3.77. The molecule has 0 fully saturated rings. The third-order valence-corrected chi connectivity index (χ3v) is 3.51. The molecule has 0 aliphatic rings. The van der Waals surface area contributed by atoms with Crippen molar-refractivity contribution in [3.63, 3.8) is 0 Å². The molecule has 0 saturated carbocycles. The first-order valence-corrected chi connectivity index (χ1v) is 6.78. The van der Waals surface area contributed by atoms with Crippen LogP contribution >= 0.6 is 0 Å². The molecule has 4 nitrogen and oxygen atoms in total. The maximum Gasteiger partial charge on any atom is 0.118 e. The van der Waals surface area contributed by atoms with E-state index in [1.54, 1.807) is 7.11 Å². The Labute approximate surface area is 120 Å². The highest BCUT2D eigenvalue weighted by molar-refractivity contribution is 5.19. The summed E-state index contributed by atoms with van der Waals surface area (Å²) in [4.78, 5) is 6.63. The lowest BCUT2D eigenvalue weighted by molar-refractivity contribution is 0.0957. The number of aromatic nitrogens is 1. The van der Waals surface area contributed by atoms with E-state index in [0.29, 0.717) is 6.61 Å². The molecule has 2 rings (SSSR count). The minimum Gasteiger partial charge on any atom is -0.465 e. The van der Waals surface area contributed by atoms with Crippen LogP contribution in [0.1, 0.15) is 28.8 Å². The molecule has 2 aromatic rings. The Morgan fingerprint density at radius 1 is 1.35 bits per heavy atom. The van der Waals surface area contributed by atoms with Crippen molar-refractivity contribution in [2.75, 3.05) is 20.8 Å². The molecule has 1 atom stereocenters. The molecular weight excluding hydrogens is 252 g/mol. The molecule has 2 heterocycles. The average Bonchev–Trinajstić information content (AvgIpc) is 2.75. The van der Waals surface area contributed by atoms with E-state index in [2.05, 4.69) is 29.9 Å². The van der Waals surface area contributed by atoms with Crippen LogP contribution in [0.2, 0.25) is 0 Å². The van der Waals surface area contributed by atoms with Crippen molar-refractivity contribution in [3.8, 4) is 0 Å². The molecule has 0 amide bonds. The second-order valence-corrected chi connectivity index (χ2v) is 5.09. The number of aryl methyl sites for hydroxylation is 2. The Morgan fingerprint density at radius 2 is 2.15 bits per heavy atom. The third-order valence-electron chi connectivity index (χ3n) is 3.51. The highest BCUT2D eigenvalue weighted by Crippen LogP contribution is 2.21. The van der Waals surface area contributed by atoms with E-state index in [1.165, 1.54) is 5.56 Å². The zero-order valence-corrected chi connectivity index (χ0v) is 12.6. The van der Waals surface area contributed by atoms with Gasteiger partial charge in [0, 0.05) is 13.3 Å². The molecule has 0 spiro atoms. The molecule has 2 aromatic heterocycles. The van der Waals surface area contributed by atoms with E-state index in [-0.39, 0.29) is 6.04 Å². The van der Waals surface area contributed by atoms with Gasteiger partial charge in [0.25, 0.3) is 0 Å². The van der Waals surface area contributed by atoms with Gasteiger partial charge in [-0.1, -0.05) is 6.07 Å². The van der Waals surface area contributed by atoms with Crippen LogP contribution in [0.3, 0.4) is 0 Å². The summed E-state index contributed by atoms with van der Waals surface area (Å²) >= 11 is 0. The number of ether oxygens (including phenoxy) is 1.